The van der Waals surface area contributed by atoms with E-state index in [1.54, 1.807) is 0 Å². The molecule has 29 heavy (non-hydrogen) atoms. The van der Waals surface area contributed by atoms with Crippen LogP contribution in [0.15, 0.2) is 29.3 Å². The normalized spacial score (nSPS) is 21.4. The molecule has 0 bridgehead atoms. The largest absolute Gasteiger partial charge is 0.379 e. The molecule has 2 aliphatic heterocycles. The number of hydrogen-bond donors (Lipinski definition) is 2. The number of morpholine rings is 2. The van der Waals surface area contributed by atoms with Crippen LogP contribution in [0.25, 0.3) is 0 Å². The van der Waals surface area contributed by atoms with E-state index in [2.05, 4.69) is 58.7 Å². The van der Waals surface area contributed by atoms with Gasteiger partial charge in [0.2, 0.25) is 0 Å². The van der Waals surface area contributed by atoms with E-state index in [1.807, 2.05) is 0 Å². The van der Waals surface area contributed by atoms with Crippen LogP contribution in [0.4, 0.5) is 0 Å². The molecule has 0 aliphatic carbocycles. The van der Waals surface area contributed by atoms with Gasteiger partial charge in [-0.15, -0.1) is 24.0 Å². The highest BCUT2D eigenvalue weighted by atomic mass is 127. The Morgan fingerprint density at radius 2 is 1.86 bits per heavy atom. The summed E-state index contributed by atoms with van der Waals surface area (Å²) in [6.07, 6.45) is 0.205. The molecule has 3 rings (SSSR count). The first-order valence-electron chi connectivity index (χ1n) is 10.4. The molecular formula is C21H36IN5O2. The molecule has 0 amide bonds. The summed E-state index contributed by atoms with van der Waals surface area (Å²) in [5, 5.41) is 6.79. The van der Waals surface area contributed by atoms with E-state index in [9.17, 15) is 0 Å². The van der Waals surface area contributed by atoms with Crippen molar-refractivity contribution in [1.82, 2.24) is 20.4 Å². The van der Waals surface area contributed by atoms with Crippen LogP contribution in [0, 0.1) is 0 Å². The molecule has 0 saturated carbocycles. The number of hydrogen-bond acceptors (Lipinski definition) is 5. The zero-order valence-electron chi connectivity index (χ0n) is 17.7. The van der Waals surface area contributed by atoms with E-state index in [0.29, 0.717) is 6.54 Å². The maximum absolute atomic E-state index is 5.84. The zero-order chi connectivity index (χ0) is 19.6. The Morgan fingerprint density at radius 1 is 1.10 bits per heavy atom. The van der Waals surface area contributed by atoms with E-state index in [1.165, 1.54) is 11.1 Å². The summed E-state index contributed by atoms with van der Waals surface area (Å²) in [5.74, 6) is 0.848. The minimum Gasteiger partial charge on any atom is -0.379 e. The summed E-state index contributed by atoms with van der Waals surface area (Å²) in [6.45, 7) is 11.7. The zero-order valence-corrected chi connectivity index (χ0v) is 20.1. The van der Waals surface area contributed by atoms with Crippen molar-refractivity contribution in [3.05, 3.63) is 35.4 Å². The molecule has 1 unspecified atom stereocenters. The SMILES string of the molecule is CCNC(=NCc1ccccc1CN1CCOCC1)NCC1CN(C)CCO1.I. The number of aliphatic imine (C=N–C) groups is 1. The molecule has 8 heteroatoms. The Bertz CT molecular complexity index is 625. The summed E-state index contributed by atoms with van der Waals surface area (Å²) in [6, 6.07) is 8.61. The number of nitrogens with zero attached hydrogens (tertiary/aromatic N) is 3. The van der Waals surface area contributed by atoms with Crippen molar-refractivity contribution in [3.63, 3.8) is 0 Å². The number of ether oxygens (including phenoxy) is 2. The first-order chi connectivity index (χ1) is 13.7. The average Bonchev–Trinajstić information content (AvgIpc) is 2.72. The molecular weight excluding hydrogens is 481 g/mol. The maximum Gasteiger partial charge on any atom is 0.191 e. The topological polar surface area (TPSA) is 61.4 Å². The van der Waals surface area contributed by atoms with Gasteiger partial charge in [-0.3, -0.25) is 4.90 Å². The smallest absolute Gasteiger partial charge is 0.191 e. The second-order valence-electron chi connectivity index (χ2n) is 7.49. The van der Waals surface area contributed by atoms with Crippen molar-refractivity contribution in [2.45, 2.75) is 26.1 Å². The van der Waals surface area contributed by atoms with Crippen LogP contribution in [-0.2, 0) is 22.6 Å². The molecule has 2 saturated heterocycles. The van der Waals surface area contributed by atoms with Crippen LogP contribution >= 0.6 is 24.0 Å². The number of nitrogens with one attached hydrogen (secondary N) is 2. The summed E-state index contributed by atoms with van der Waals surface area (Å²) in [7, 11) is 2.14. The molecule has 2 fully saturated rings. The first kappa shape index (κ1) is 24.3. The van der Waals surface area contributed by atoms with Gasteiger partial charge in [-0.25, -0.2) is 4.99 Å². The van der Waals surface area contributed by atoms with Crippen molar-refractivity contribution in [2.24, 2.45) is 4.99 Å². The van der Waals surface area contributed by atoms with Gasteiger partial charge in [0, 0.05) is 45.8 Å². The van der Waals surface area contributed by atoms with Gasteiger partial charge < -0.3 is 25.0 Å². The van der Waals surface area contributed by atoms with Crippen molar-refractivity contribution in [3.8, 4) is 0 Å². The molecule has 1 aromatic carbocycles. The number of rotatable bonds is 7. The van der Waals surface area contributed by atoms with Gasteiger partial charge >= 0.3 is 0 Å². The Hall–Kier alpha value is -0.940. The lowest BCUT2D eigenvalue weighted by atomic mass is 10.1. The van der Waals surface area contributed by atoms with E-state index >= 15 is 0 Å². The monoisotopic (exact) mass is 517 g/mol. The van der Waals surface area contributed by atoms with Crippen LogP contribution in [0.1, 0.15) is 18.1 Å². The van der Waals surface area contributed by atoms with Gasteiger partial charge in [0.1, 0.15) is 0 Å². The maximum atomic E-state index is 5.84. The molecule has 164 valence electrons. The van der Waals surface area contributed by atoms with E-state index in [0.717, 1.165) is 71.6 Å². The second-order valence-corrected chi connectivity index (χ2v) is 7.49. The predicted molar refractivity (Wildman–Crippen MR) is 128 cm³/mol. The van der Waals surface area contributed by atoms with Gasteiger partial charge in [-0.1, -0.05) is 24.3 Å². The molecule has 1 atom stereocenters. The number of benzene rings is 1. The summed E-state index contributed by atoms with van der Waals surface area (Å²) in [4.78, 5) is 9.58. The fraction of sp³-hybridized carbons (Fsp3) is 0.667. The fourth-order valence-corrected chi connectivity index (χ4v) is 3.57. The molecule has 0 radical (unpaired) electrons. The third-order valence-electron chi connectivity index (χ3n) is 5.21. The lowest BCUT2D eigenvalue weighted by Crippen LogP contribution is -2.48. The minimum atomic E-state index is 0. The quantitative estimate of drug-likeness (QED) is 0.325. The Labute approximate surface area is 192 Å². The van der Waals surface area contributed by atoms with Gasteiger partial charge in [0.25, 0.3) is 0 Å². The third-order valence-corrected chi connectivity index (χ3v) is 5.21. The van der Waals surface area contributed by atoms with Gasteiger partial charge in [-0.05, 0) is 25.1 Å². The van der Waals surface area contributed by atoms with Crippen LogP contribution in [0.3, 0.4) is 0 Å². The van der Waals surface area contributed by atoms with Crippen LogP contribution in [0.5, 0.6) is 0 Å². The lowest BCUT2D eigenvalue weighted by Gasteiger charge is -2.30. The van der Waals surface area contributed by atoms with Crippen molar-refractivity contribution >= 4 is 29.9 Å². The third kappa shape index (κ3) is 8.37. The molecule has 0 spiro atoms. The Morgan fingerprint density at radius 3 is 2.59 bits per heavy atom. The Balaban J connectivity index is 0.00000300. The van der Waals surface area contributed by atoms with Crippen molar-refractivity contribution < 1.29 is 9.47 Å². The van der Waals surface area contributed by atoms with Gasteiger partial charge in [0.15, 0.2) is 5.96 Å². The average molecular weight is 517 g/mol. The van der Waals surface area contributed by atoms with Crippen LogP contribution in [0.2, 0.25) is 0 Å². The number of likely N-dealkylation sites (N-methyl/N-ethyl adjacent to an activating group) is 1. The minimum absolute atomic E-state index is 0. The van der Waals surface area contributed by atoms with E-state index in [-0.39, 0.29) is 30.1 Å². The summed E-state index contributed by atoms with van der Waals surface area (Å²) in [5.41, 5.74) is 2.63. The highest BCUT2D eigenvalue weighted by molar-refractivity contribution is 14.0. The molecule has 2 N–H and O–H groups in total. The Kier molecular flexibility index (Phi) is 11.2. The number of halogens is 1. The van der Waals surface area contributed by atoms with Crippen LogP contribution < -0.4 is 10.6 Å². The number of guanidine groups is 1. The van der Waals surface area contributed by atoms with Crippen molar-refractivity contribution in [1.29, 1.82) is 0 Å². The first-order valence-corrected chi connectivity index (χ1v) is 10.4. The molecule has 2 aliphatic rings. The second kappa shape index (κ2) is 13.4. The summed E-state index contributed by atoms with van der Waals surface area (Å²) >= 11 is 0. The molecule has 0 aromatic heterocycles. The highest BCUT2D eigenvalue weighted by Crippen LogP contribution is 2.14. The highest BCUT2D eigenvalue weighted by Gasteiger charge is 2.18. The van der Waals surface area contributed by atoms with Crippen molar-refractivity contribution in [2.75, 3.05) is 66.1 Å². The van der Waals surface area contributed by atoms with E-state index < -0.39 is 0 Å². The molecule has 7 nitrogen and oxygen atoms in total. The van der Waals surface area contributed by atoms with Gasteiger partial charge in [-0.2, -0.15) is 0 Å². The predicted octanol–water partition coefficient (Wildman–Crippen LogP) is 1.52. The fourth-order valence-electron chi connectivity index (χ4n) is 3.57. The van der Waals surface area contributed by atoms with Crippen LogP contribution in [-0.4, -0.2) is 88.0 Å². The van der Waals surface area contributed by atoms with Gasteiger partial charge in [0.05, 0.1) is 32.5 Å². The molecule has 1 aromatic rings. The molecule has 2 heterocycles. The lowest BCUT2D eigenvalue weighted by molar-refractivity contribution is -0.0161. The van der Waals surface area contributed by atoms with E-state index in [4.69, 9.17) is 14.5 Å². The summed E-state index contributed by atoms with van der Waals surface area (Å²) < 4.78 is 11.3. The standard InChI is InChI=1S/C21H35N5O2.HI/c1-3-22-21(24-15-20-17-25(2)8-13-28-20)23-14-18-6-4-5-7-19(18)16-26-9-11-27-12-10-26;/h4-7,20H,3,8-17H2,1-2H3,(H2,22,23,24);1H.